The molecule has 0 saturated heterocycles. The van der Waals surface area contributed by atoms with Gasteiger partial charge in [-0.25, -0.2) is 9.38 Å². The smallest absolute Gasteiger partial charge is 0.274 e. The van der Waals surface area contributed by atoms with Gasteiger partial charge < -0.3 is 15.2 Å². The van der Waals surface area contributed by atoms with Crippen molar-refractivity contribution in [1.82, 2.24) is 4.90 Å². The van der Waals surface area contributed by atoms with Gasteiger partial charge in [0.05, 0.1) is 13.7 Å². The van der Waals surface area contributed by atoms with Crippen LogP contribution in [0.1, 0.15) is 21.9 Å². The molecule has 2 unspecified atom stereocenters. The van der Waals surface area contributed by atoms with Gasteiger partial charge in [-0.05, 0) is 46.0 Å². The number of nitrogens with two attached hydrogens (primary N) is 1. The van der Waals surface area contributed by atoms with E-state index in [1.54, 1.807) is 42.5 Å². The van der Waals surface area contributed by atoms with Gasteiger partial charge in [-0.2, -0.15) is 8.42 Å². The molecule has 11 heteroatoms. The molecular formula is C26H26FN3O6S. The van der Waals surface area contributed by atoms with Crippen molar-refractivity contribution < 1.29 is 31.6 Å². The van der Waals surface area contributed by atoms with Crippen molar-refractivity contribution in [3.63, 3.8) is 0 Å². The van der Waals surface area contributed by atoms with E-state index in [2.05, 4.69) is 4.99 Å². The summed E-state index contributed by atoms with van der Waals surface area (Å²) in [5.74, 6) is -0.815. The fraction of sp³-hybridized carbons (Fsp3) is 0.231. The molecule has 3 aromatic rings. The van der Waals surface area contributed by atoms with Gasteiger partial charge in [0, 0.05) is 14.2 Å². The number of methoxy groups -OCH3 is 2. The van der Waals surface area contributed by atoms with Gasteiger partial charge in [0.25, 0.3) is 16.0 Å². The molecule has 37 heavy (non-hydrogen) atoms. The molecule has 0 spiro atoms. The number of halogens is 1. The van der Waals surface area contributed by atoms with Gasteiger partial charge in [0.1, 0.15) is 5.25 Å². The highest BCUT2D eigenvalue weighted by molar-refractivity contribution is 7.86. The minimum atomic E-state index is -4.44. The highest BCUT2D eigenvalue weighted by Gasteiger charge is 2.49. The van der Waals surface area contributed by atoms with Crippen molar-refractivity contribution in [2.45, 2.75) is 10.8 Å². The average molecular weight is 528 g/mol. The number of benzene rings is 3. The summed E-state index contributed by atoms with van der Waals surface area (Å²) in [4.78, 5) is 19.4. The standard InChI is InChI=1S/C26H26FN3O6S/c1-30-24(31)26(29-25(30)28,19-10-7-16(8-11-19)23(15-35-2)37(32,33)34)20-6-4-5-17(13-20)18-9-12-21(27)22(14-18)36-3/h4-14,23H,15H2,1-3H3,(H2,28,29)(H,32,33,34). The second kappa shape index (κ2) is 9.92. The fourth-order valence-corrected chi connectivity index (χ4v) is 5.20. The monoisotopic (exact) mass is 527 g/mol. The zero-order valence-electron chi connectivity index (χ0n) is 20.4. The maximum atomic E-state index is 14.0. The van der Waals surface area contributed by atoms with Crippen molar-refractivity contribution in [2.75, 3.05) is 27.9 Å². The number of ether oxygens (including phenoxy) is 2. The Morgan fingerprint density at radius 1 is 1.05 bits per heavy atom. The van der Waals surface area contributed by atoms with E-state index < -0.39 is 32.6 Å². The molecule has 2 atom stereocenters. The Morgan fingerprint density at radius 2 is 1.73 bits per heavy atom. The molecule has 194 valence electrons. The summed E-state index contributed by atoms with van der Waals surface area (Å²) in [5, 5.41) is -1.30. The van der Waals surface area contributed by atoms with E-state index in [1.165, 1.54) is 44.4 Å². The lowest BCUT2D eigenvalue weighted by molar-refractivity contribution is -0.129. The van der Waals surface area contributed by atoms with Gasteiger partial charge in [-0.15, -0.1) is 0 Å². The topological polar surface area (TPSA) is 132 Å². The van der Waals surface area contributed by atoms with Crippen LogP contribution in [0.5, 0.6) is 5.75 Å². The van der Waals surface area contributed by atoms with Crippen LogP contribution in [0.2, 0.25) is 0 Å². The predicted octanol–water partition coefficient (Wildman–Crippen LogP) is 3.11. The first-order chi connectivity index (χ1) is 17.5. The van der Waals surface area contributed by atoms with Crippen LogP contribution in [0.25, 0.3) is 11.1 Å². The van der Waals surface area contributed by atoms with Crippen molar-refractivity contribution in [3.05, 3.63) is 89.2 Å². The number of nitrogens with zero attached hydrogens (tertiary/aromatic N) is 2. The number of carbonyl (C=O) groups is 1. The molecule has 1 aliphatic heterocycles. The number of aliphatic imine (C=N–C) groups is 1. The van der Waals surface area contributed by atoms with E-state index in [1.807, 2.05) is 6.07 Å². The predicted molar refractivity (Wildman–Crippen MR) is 136 cm³/mol. The Morgan fingerprint density at radius 3 is 2.30 bits per heavy atom. The van der Waals surface area contributed by atoms with Crippen molar-refractivity contribution in [2.24, 2.45) is 10.7 Å². The number of rotatable bonds is 8. The summed E-state index contributed by atoms with van der Waals surface area (Å²) < 4.78 is 57.4. The summed E-state index contributed by atoms with van der Waals surface area (Å²) in [5.41, 5.74) is 7.09. The number of amides is 1. The third kappa shape index (κ3) is 4.68. The van der Waals surface area contributed by atoms with Gasteiger partial charge in [0.2, 0.25) is 0 Å². The maximum absolute atomic E-state index is 14.0. The van der Waals surface area contributed by atoms with Gasteiger partial charge in [0.15, 0.2) is 23.1 Å². The molecule has 9 nitrogen and oxygen atoms in total. The van der Waals surface area contributed by atoms with E-state index in [0.717, 1.165) is 0 Å². The van der Waals surface area contributed by atoms with Crippen LogP contribution < -0.4 is 10.5 Å². The Kier molecular flexibility index (Phi) is 7.05. The first-order valence-electron chi connectivity index (χ1n) is 11.2. The molecule has 3 N–H and O–H groups in total. The van der Waals surface area contributed by atoms with E-state index in [9.17, 15) is 22.2 Å². The van der Waals surface area contributed by atoms with E-state index in [4.69, 9.17) is 15.2 Å². The second-order valence-electron chi connectivity index (χ2n) is 8.56. The summed E-state index contributed by atoms with van der Waals surface area (Å²) >= 11 is 0. The number of guanidine groups is 1. The molecule has 0 saturated carbocycles. The SMILES string of the molecule is COCC(c1ccc(C2(c3cccc(-c4ccc(F)c(OC)c4)c3)N=C(N)N(C)C2=O)cc1)S(=O)(=O)O. The van der Waals surface area contributed by atoms with Gasteiger partial charge in [-0.1, -0.05) is 48.5 Å². The molecule has 1 heterocycles. The van der Waals surface area contributed by atoms with Crippen LogP contribution in [0.3, 0.4) is 0 Å². The van der Waals surface area contributed by atoms with E-state index >= 15 is 0 Å². The maximum Gasteiger partial charge on any atom is 0.274 e. The molecule has 0 radical (unpaired) electrons. The van der Waals surface area contributed by atoms with Gasteiger partial charge in [-0.3, -0.25) is 14.2 Å². The lowest BCUT2D eigenvalue weighted by Crippen LogP contribution is -2.41. The molecule has 3 aromatic carbocycles. The lowest BCUT2D eigenvalue weighted by atomic mass is 9.81. The van der Waals surface area contributed by atoms with Gasteiger partial charge >= 0.3 is 0 Å². The van der Waals surface area contributed by atoms with Crippen LogP contribution in [-0.4, -0.2) is 57.6 Å². The second-order valence-corrected chi connectivity index (χ2v) is 10.2. The zero-order valence-corrected chi connectivity index (χ0v) is 21.2. The third-order valence-electron chi connectivity index (χ3n) is 6.38. The van der Waals surface area contributed by atoms with Crippen LogP contribution in [0.15, 0.2) is 71.7 Å². The molecule has 0 aliphatic carbocycles. The summed E-state index contributed by atoms with van der Waals surface area (Å²) in [7, 11) is -0.220. The normalized spacial score (nSPS) is 18.6. The highest BCUT2D eigenvalue weighted by Crippen LogP contribution is 2.41. The summed E-state index contributed by atoms with van der Waals surface area (Å²) in [6.07, 6.45) is 0. The number of carbonyl (C=O) groups excluding carboxylic acids is 1. The third-order valence-corrected chi connectivity index (χ3v) is 7.51. The molecule has 4 rings (SSSR count). The Labute approximate surface area is 214 Å². The van der Waals surface area contributed by atoms with Crippen molar-refractivity contribution in [3.8, 4) is 16.9 Å². The molecule has 1 aliphatic rings. The molecule has 0 fully saturated rings. The molecule has 1 amide bonds. The lowest BCUT2D eigenvalue weighted by Gasteiger charge is -2.27. The van der Waals surface area contributed by atoms with Crippen LogP contribution in [-0.2, 0) is 25.2 Å². The Balaban J connectivity index is 1.86. The first-order valence-corrected chi connectivity index (χ1v) is 12.7. The van der Waals surface area contributed by atoms with E-state index in [0.29, 0.717) is 22.3 Å². The zero-order chi connectivity index (χ0) is 27.0. The number of hydrogen-bond acceptors (Lipinski definition) is 7. The van der Waals surface area contributed by atoms with E-state index in [-0.39, 0.29) is 23.9 Å². The first kappa shape index (κ1) is 26.3. The summed E-state index contributed by atoms with van der Waals surface area (Å²) in [6.45, 7) is -0.251. The van der Waals surface area contributed by atoms with Crippen molar-refractivity contribution in [1.29, 1.82) is 0 Å². The molecule has 0 aromatic heterocycles. The quantitative estimate of drug-likeness (QED) is 0.430. The Hall–Kier alpha value is -3.80. The number of hydrogen-bond donors (Lipinski definition) is 2. The van der Waals surface area contributed by atoms with Crippen molar-refractivity contribution >= 4 is 22.0 Å². The fourth-order valence-electron chi connectivity index (χ4n) is 4.39. The van der Waals surface area contributed by atoms with Crippen LogP contribution in [0, 0.1) is 5.82 Å². The Bertz CT molecular complexity index is 1480. The minimum Gasteiger partial charge on any atom is -0.494 e. The highest BCUT2D eigenvalue weighted by atomic mass is 32.2. The minimum absolute atomic E-state index is 0.0122. The molecule has 0 bridgehead atoms. The van der Waals surface area contributed by atoms with Crippen LogP contribution >= 0.6 is 0 Å². The van der Waals surface area contributed by atoms with Crippen LogP contribution in [0.4, 0.5) is 4.39 Å². The average Bonchev–Trinajstić information content (AvgIpc) is 3.12. The molecular weight excluding hydrogens is 501 g/mol. The number of likely N-dealkylation sites (N-methyl/N-ethyl adjacent to an activating group) is 1. The summed E-state index contributed by atoms with van der Waals surface area (Å²) in [6, 6.07) is 17.7. The largest absolute Gasteiger partial charge is 0.494 e.